The fourth-order valence-corrected chi connectivity index (χ4v) is 2.56. The molecule has 1 aromatic carbocycles. The molecule has 0 atom stereocenters. The lowest BCUT2D eigenvalue weighted by molar-refractivity contribution is 0.627. The van der Waals surface area contributed by atoms with Crippen LogP contribution in [0.3, 0.4) is 0 Å². The summed E-state index contributed by atoms with van der Waals surface area (Å²) in [5.74, 6) is -0.424. The molecule has 102 valence electrons. The first-order valence-corrected chi connectivity index (χ1v) is 6.83. The summed E-state index contributed by atoms with van der Waals surface area (Å²) in [4.78, 5) is 7.60. The molecule has 0 fully saturated rings. The molecule has 6 heteroatoms. The molecule has 3 nitrogen and oxygen atoms in total. The number of nitrogens with zero attached hydrogens (tertiary/aromatic N) is 2. The minimum absolute atomic E-state index is 0.109. The van der Waals surface area contributed by atoms with E-state index in [-0.39, 0.29) is 5.02 Å². The number of hydrogen-bond donors (Lipinski definition) is 1. The number of aromatic nitrogens is 3. The Morgan fingerprint density at radius 2 is 2.15 bits per heavy atom. The summed E-state index contributed by atoms with van der Waals surface area (Å²) in [6.07, 6.45) is 0. The number of fused-ring (bicyclic) bond motifs is 1. The Morgan fingerprint density at radius 3 is 2.90 bits per heavy atom. The number of nitrogens with one attached hydrogen (secondary N) is 1. The van der Waals surface area contributed by atoms with Crippen LogP contribution in [0.2, 0.25) is 5.02 Å². The number of halogens is 2. The second kappa shape index (κ2) is 5.00. The fourth-order valence-electron chi connectivity index (χ4n) is 2.09. The van der Waals surface area contributed by atoms with Gasteiger partial charge in [0.1, 0.15) is 5.82 Å². The fraction of sp³-hybridized carbons (Fsp3) is 0.143. The lowest BCUT2D eigenvalue weighted by Crippen LogP contribution is -2.01. The highest BCUT2D eigenvalue weighted by Gasteiger charge is 2.08. The number of H-pyrrole nitrogens is 1. The van der Waals surface area contributed by atoms with Crippen molar-refractivity contribution in [3.05, 3.63) is 57.2 Å². The predicted molar refractivity (Wildman–Crippen MR) is 80.2 cm³/mol. The van der Waals surface area contributed by atoms with Crippen LogP contribution in [0, 0.1) is 17.5 Å². The lowest BCUT2D eigenvalue weighted by Gasteiger charge is -2.05. The third-order valence-corrected chi connectivity index (χ3v) is 3.69. The molecular weight excluding hydrogens is 297 g/mol. The third-order valence-electron chi connectivity index (χ3n) is 3.08. The van der Waals surface area contributed by atoms with Gasteiger partial charge >= 0.3 is 0 Å². The van der Waals surface area contributed by atoms with Crippen LogP contribution in [0.5, 0.6) is 0 Å². The highest BCUT2D eigenvalue weighted by Crippen LogP contribution is 2.19. The van der Waals surface area contributed by atoms with Gasteiger partial charge in [-0.05, 0) is 49.0 Å². The van der Waals surface area contributed by atoms with Crippen LogP contribution in [0.25, 0.3) is 11.2 Å². The van der Waals surface area contributed by atoms with Crippen molar-refractivity contribution >= 4 is 35.0 Å². The van der Waals surface area contributed by atoms with E-state index >= 15 is 0 Å². The zero-order valence-electron chi connectivity index (χ0n) is 10.7. The van der Waals surface area contributed by atoms with E-state index in [1.54, 1.807) is 12.1 Å². The number of aryl methyl sites for hydroxylation is 1. The van der Waals surface area contributed by atoms with Gasteiger partial charge in [0.15, 0.2) is 10.4 Å². The van der Waals surface area contributed by atoms with Gasteiger partial charge in [0.2, 0.25) is 0 Å². The van der Waals surface area contributed by atoms with Gasteiger partial charge < -0.3 is 4.98 Å². The monoisotopic (exact) mass is 307 g/mol. The molecule has 0 aliphatic rings. The van der Waals surface area contributed by atoms with E-state index < -0.39 is 5.82 Å². The van der Waals surface area contributed by atoms with E-state index in [9.17, 15) is 4.39 Å². The first-order valence-electron chi connectivity index (χ1n) is 6.05. The molecular formula is C14H11ClFN3S. The molecule has 0 radical (unpaired) electrons. The van der Waals surface area contributed by atoms with Gasteiger partial charge in [-0.1, -0.05) is 17.7 Å². The third kappa shape index (κ3) is 2.34. The van der Waals surface area contributed by atoms with Crippen LogP contribution in [0.15, 0.2) is 30.3 Å². The molecule has 0 bridgehead atoms. The molecule has 2 heterocycles. The molecule has 0 saturated heterocycles. The quantitative estimate of drug-likeness (QED) is 0.718. The number of aromatic amines is 1. The van der Waals surface area contributed by atoms with Crippen LogP contribution in [0.4, 0.5) is 4.39 Å². The van der Waals surface area contributed by atoms with E-state index in [4.69, 9.17) is 23.8 Å². The van der Waals surface area contributed by atoms with Crippen molar-refractivity contribution in [3.63, 3.8) is 0 Å². The summed E-state index contributed by atoms with van der Waals surface area (Å²) in [5, 5.41) is 0.109. The smallest absolute Gasteiger partial charge is 0.179 e. The average Bonchev–Trinajstić information content (AvgIpc) is 2.70. The van der Waals surface area contributed by atoms with Crippen molar-refractivity contribution < 1.29 is 4.39 Å². The Labute approximate surface area is 125 Å². The van der Waals surface area contributed by atoms with Crippen LogP contribution >= 0.6 is 23.8 Å². The van der Waals surface area contributed by atoms with Crippen molar-refractivity contribution in [1.29, 1.82) is 0 Å². The van der Waals surface area contributed by atoms with Gasteiger partial charge in [-0.3, -0.25) is 4.57 Å². The van der Waals surface area contributed by atoms with Crippen molar-refractivity contribution in [2.75, 3.05) is 0 Å². The summed E-state index contributed by atoms with van der Waals surface area (Å²) in [6, 6.07) is 8.52. The first-order chi connectivity index (χ1) is 9.54. The van der Waals surface area contributed by atoms with Gasteiger partial charge in [0.05, 0.1) is 17.1 Å². The van der Waals surface area contributed by atoms with Gasteiger partial charge in [-0.2, -0.15) is 0 Å². The maximum absolute atomic E-state index is 13.2. The summed E-state index contributed by atoms with van der Waals surface area (Å²) >= 11 is 11.1. The zero-order valence-corrected chi connectivity index (χ0v) is 12.2. The highest BCUT2D eigenvalue weighted by molar-refractivity contribution is 7.71. The number of pyridine rings is 1. The number of rotatable bonds is 2. The van der Waals surface area contributed by atoms with Crippen LogP contribution in [-0.2, 0) is 6.54 Å². The minimum Gasteiger partial charge on any atom is -0.329 e. The molecule has 20 heavy (non-hydrogen) atoms. The van der Waals surface area contributed by atoms with E-state index in [2.05, 4.69) is 9.97 Å². The topological polar surface area (TPSA) is 33.6 Å². The van der Waals surface area contributed by atoms with Gasteiger partial charge in [-0.25, -0.2) is 9.37 Å². The maximum atomic E-state index is 13.2. The Morgan fingerprint density at radius 1 is 1.35 bits per heavy atom. The van der Waals surface area contributed by atoms with Gasteiger partial charge in [-0.15, -0.1) is 0 Å². The highest BCUT2D eigenvalue weighted by atomic mass is 35.5. The van der Waals surface area contributed by atoms with Crippen molar-refractivity contribution in [3.8, 4) is 0 Å². The SMILES string of the molecule is Cc1ccc2[nH]c(=S)n(Cc3ccc(F)c(Cl)c3)c2n1. The van der Waals surface area contributed by atoms with Crippen molar-refractivity contribution in [1.82, 2.24) is 14.5 Å². The Bertz CT molecular complexity index is 853. The first kappa shape index (κ1) is 13.3. The summed E-state index contributed by atoms with van der Waals surface area (Å²) in [7, 11) is 0. The lowest BCUT2D eigenvalue weighted by atomic mass is 10.2. The second-order valence-corrected chi connectivity index (χ2v) is 5.38. The molecule has 3 rings (SSSR count). The standard InChI is InChI=1S/C14H11ClFN3S/c1-8-2-5-12-13(17-8)19(14(20)18-12)7-9-3-4-11(16)10(15)6-9/h2-6H,7H2,1H3,(H,18,20). The van der Waals surface area contributed by atoms with Crippen molar-refractivity contribution in [2.45, 2.75) is 13.5 Å². The minimum atomic E-state index is -0.424. The molecule has 3 aromatic rings. The van der Waals surface area contributed by atoms with E-state index in [0.29, 0.717) is 11.3 Å². The molecule has 0 aliphatic carbocycles. The number of benzene rings is 1. The predicted octanol–water partition coefficient (Wildman–Crippen LogP) is 4.24. The molecule has 2 aromatic heterocycles. The molecule has 0 spiro atoms. The maximum Gasteiger partial charge on any atom is 0.179 e. The Hall–Kier alpha value is -1.72. The normalized spacial score (nSPS) is 11.2. The van der Waals surface area contributed by atoms with Crippen LogP contribution < -0.4 is 0 Å². The summed E-state index contributed by atoms with van der Waals surface area (Å²) in [5.41, 5.74) is 3.46. The van der Waals surface area contributed by atoms with Gasteiger partial charge in [0, 0.05) is 5.69 Å². The second-order valence-electron chi connectivity index (χ2n) is 4.59. The van der Waals surface area contributed by atoms with E-state index in [1.807, 2.05) is 23.6 Å². The van der Waals surface area contributed by atoms with E-state index in [1.165, 1.54) is 6.07 Å². The van der Waals surface area contributed by atoms with Gasteiger partial charge in [0.25, 0.3) is 0 Å². The number of imidazole rings is 1. The average molecular weight is 308 g/mol. The van der Waals surface area contributed by atoms with Crippen molar-refractivity contribution in [2.24, 2.45) is 0 Å². The Balaban J connectivity index is 2.10. The molecule has 1 N–H and O–H groups in total. The summed E-state index contributed by atoms with van der Waals surface area (Å²) in [6.45, 7) is 2.42. The molecule has 0 saturated carbocycles. The molecule has 0 unspecified atom stereocenters. The molecule has 0 aliphatic heterocycles. The molecule has 0 amide bonds. The summed E-state index contributed by atoms with van der Waals surface area (Å²) < 4.78 is 15.6. The number of hydrogen-bond acceptors (Lipinski definition) is 2. The van der Waals surface area contributed by atoms with Crippen LogP contribution in [-0.4, -0.2) is 14.5 Å². The van der Waals surface area contributed by atoms with E-state index in [0.717, 1.165) is 22.4 Å². The largest absolute Gasteiger partial charge is 0.329 e. The zero-order chi connectivity index (χ0) is 14.3. The Kier molecular flexibility index (Phi) is 3.31. The van der Waals surface area contributed by atoms with Crippen LogP contribution in [0.1, 0.15) is 11.3 Å².